The minimum Gasteiger partial charge on any atom is -0.294 e. The van der Waals surface area contributed by atoms with Crippen molar-refractivity contribution in [2.24, 2.45) is 10.5 Å². The summed E-state index contributed by atoms with van der Waals surface area (Å²) in [6, 6.07) is 22.7. The van der Waals surface area contributed by atoms with Crippen LogP contribution < -0.4 is 10.6 Å². The van der Waals surface area contributed by atoms with E-state index in [2.05, 4.69) is 115 Å². The molecule has 1 atom stereocenters. The highest BCUT2D eigenvalue weighted by atomic mass is 79.9. The zero-order valence-electron chi connectivity index (χ0n) is 19.9. The second-order valence-electron chi connectivity index (χ2n) is 9.63. The molecule has 0 saturated carbocycles. The highest BCUT2D eigenvalue weighted by molar-refractivity contribution is 9.09. The smallest absolute Gasteiger partial charge is 0.0516 e. The van der Waals surface area contributed by atoms with E-state index in [0.717, 1.165) is 24.7 Å². The maximum atomic E-state index is 4.99. The Morgan fingerprint density at radius 3 is 2.31 bits per heavy atom. The molecule has 3 rings (SSSR count). The summed E-state index contributed by atoms with van der Waals surface area (Å²) in [5, 5.41) is 11.3. The van der Waals surface area contributed by atoms with Crippen LogP contribution in [0, 0.1) is 5.41 Å². The first-order valence-electron chi connectivity index (χ1n) is 11.9. The van der Waals surface area contributed by atoms with Crippen molar-refractivity contribution in [3.8, 4) is 0 Å². The summed E-state index contributed by atoms with van der Waals surface area (Å²) in [4.78, 5) is 0. The first-order valence-corrected chi connectivity index (χ1v) is 14.5. The second-order valence-corrected chi connectivity index (χ2v) is 12.4. The van der Waals surface area contributed by atoms with E-state index in [9.17, 15) is 0 Å². The maximum Gasteiger partial charge on any atom is 0.0516 e. The van der Waals surface area contributed by atoms with Crippen molar-refractivity contribution in [2.75, 3.05) is 18.0 Å². The molecule has 0 N–H and O–H groups in total. The molecule has 0 aliphatic carbocycles. The Bertz CT molecular complexity index is 824. The van der Waals surface area contributed by atoms with E-state index in [-0.39, 0.29) is 13.3 Å². The predicted molar refractivity (Wildman–Crippen MR) is 147 cm³/mol. The summed E-state index contributed by atoms with van der Waals surface area (Å²) in [5.74, 6) is 0. The second kappa shape index (κ2) is 12.7. The summed E-state index contributed by atoms with van der Waals surface area (Å²) in [7, 11) is -0.368. The number of allylic oxidation sites excluding steroid dienone is 2. The first-order chi connectivity index (χ1) is 15.5. The fraction of sp³-hybridized carbons (Fsp3) is 0.464. The summed E-state index contributed by atoms with van der Waals surface area (Å²) < 4.78 is 0. The number of hydrazone groups is 1. The Hall–Kier alpha value is -1.44. The van der Waals surface area contributed by atoms with Gasteiger partial charge in [-0.1, -0.05) is 102 Å². The molecule has 32 heavy (non-hydrogen) atoms. The van der Waals surface area contributed by atoms with Crippen LogP contribution in [0.4, 0.5) is 0 Å². The van der Waals surface area contributed by atoms with Crippen LogP contribution in [-0.2, 0) is 0 Å². The van der Waals surface area contributed by atoms with Crippen LogP contribution in [0.3, 0.4) is 0 Å². The van der Waals surface area contributed by atoms with E-state index in [4.69, 9.17) is 5.10 Å². The maximum absolute atomic E-state index is 4.99. The van der Waals surface area contributed by atoms with Gasteiger partial charge in [-0.15, -0.1) is 0 Å². The molecule has 0 aromatic heterocycles. The van der Waals surface area contributed by atoms with Crippen molar-refractivity contribution in [1.82, 2.24) is 5.01 Å². The van der Waals surface area contributed by atoms with Gasteiger partial charge in [-0.05, 0) is 69.1 Å². The van der Waals surface area contributed by atoms with E-state index < -0.39 is 0 Å². The molecule has 0 unspecified atom stereocenters. The molecule has 172 valence electrons. The third-order valence-electron chi connectivity index (χ3n) is 6.27. The lowest BCUT2D eigenvalue weighted by Gasteiger charge is -2.28. The van der Waals surface area contributed by atoms with Crippen molar-refractivity contribution < 1.29 is 0 Å². The third kappa shape index (κ3) is 7.85. The molecule has 0 amide bonds. The van der Waals surface area contributed by atoms with Gasteiger partial charge in [0.25, 0.3) is 0 Å². The molecule has 1 heterocycles. The minimum atomic E-state index is -0.368. The normalized spacial score (nSPS) is 17.6. The Balaban J connectivity index is 1.62. The molecule has 0 spiro atoms. The highest BCUT2D eigenvalue weighted by Gasteiger charge is 2.28. The zero-order chi connectivity index (χ0) is 22.8. The van der Waals surface area contributed by atoms with Gasteiger partial charge in [0.05, 0.1) is 6.04 Å². The lowest BCUT2D eigenvalue weighted by molar-refractivity contribution is 0.283. The Morgan fingerprint density at radius 2 is 1.72 bits per heavy atom. The lowest BCUT2D eigenvalue weighted by atomic mass is 9.84. The first kappa shape index (κ1) is 25.2. The van der Waals surface area contributed by atoms with Gasteiger partial charge in [0.15, 0.2) is 0 Å². The molecule has 0 bridgehead atoms. The molecule has 2 aromatic carbocycles. The van der Waals surface area contributed by atoms with Gasteiger partial charge in [-0.2, -0.15) is 5.10 Å². The molecule has 1 aliphatic rings. The van der Waals surface area contributed by atoms with Crippen molar-refractivity contribution in [1.29, 1.82) is 0 Å². The monoisotopic (exact) mass is 512 g/mol. The van der Waals surface area contributed by atoms with Crippen LogP contribution in [0.25, 0.3) is 0 Å². The van der Waals surface area contributed by atoms with Crippen LogP contribution in [0.15, 0.2) is 77.4 Å². The molecule has 1 fully saturated rings. The van der Waals surface area contributed by atoms with Crippen molar-refractivity contribution >= 4 is 40.7 Å². The lowest BCUT2D eigenvalue weighted by Crippen LogP contribution is -2.30. The Kier molecular flexibility index (Phi) is 10.0. The predicted octanol–water partition coefficient (Wildman–Crippen LogP) is 7.11. The number of hydrogen-bond acceptors (Lipinski definition) is 2. The number of halogens is 1. The van der Waals surface area contributed by atoms with Gasteiger partial charge in [0.2, 0.25) is 0 Å². The molecule has 2 nitrogen and oxygen atoms in total. The average Bonchev–Trinajstić information content (AvgIpc) is 3.25. The van der Waals surface area contributed by atoms with Gasteiger partial charge < -0.3 is 0 Å². The van der Waals surface area contributed by atoms with Crippen LogP contribution in [0.1, 0.15) is 52.9 Å². The Morgan fingerprint density at radius 1 is 1.09 bits per heavy atom. The van der Waals surface area contributed by atoms with E-state index in [0.29, 0.717) is 6.04 Å². The summed E-state index contributed by atoms with van der Waals surface area (Å²) in [6.45, 7) is 8.00. The molecule has 1 aliphatic heterocycles. The van der Waals surface area contributed by atoms with E-state index in [1.54, 1.807) is 0 Å². The molecular weight excluding hydrogens is 475 g/mol. The topological polar surface area (TPSA) is 15.6 Å². The summed E-state index contributed by atoms with van der Waals surface area (Å²) >= 11 is 3.53. The van der Waals surface area contributed by atoms with Crippen molar-refractivity contribution in [3.05, 3.63) is 72.3 Å². The molecule has 4 heteroatoms. The third-order valence-corrected chi connectivity index (χ3v) is 9.79. The Labute approximate surface area is 205 Å². The van der Waals surface area contributed by atoms with Crippen LogP contribution in [0.5, 0.6) is 0 Å². The van der Waals surface area contributed by atoms with Crippen LogP contribution in [-0.4, -0.2) is 35.3 Å². The fourth-order valence-electron chi connectivity index (χ4n) is 4.20. The largest absolute Gasteiger partial charge is 0.294 e. The quantitative estimate of drug-likeness (QED) is 0.135. The SMILES string of the molecule is C/C(=C\CCC(C)(C)C/C=N/N1CCC[C@H]1CP(c1ccccc1)c1ccccc1)CBr. The van der Waals surface area contributed by atoms with Gasteiger partial charge in [-0.3, -0.25) is 5.01 Å². The minimum absolute atomic E-state index is 0.280. The highest BCUT2D eigenvalue weighted by Crippen LogP contribution is 2.38. The molecule has 0 radical (unpaired) electrons. The number of alkyl halides is 1. The molecule has 2 aromatic rings. The number of benzene rings is 2. The summed E-state index contributed by atoms with van der Waals surface area (Å²) in [5.41, 5.74) is 1.70. The average molecular weight is 514 g/mol. The van der Waals surface area contributed by atoms with Crippen molar-refractivity contribution in [3.63, 3.8) is 0 Å². The fourth-order valence-corrected chi connectivity index (χ4v) is 7.01. The van der Waals surface area contributed by atoms with E-state index >= 15 is 0 Å². The zero-order valence-corrected chi connectivity index (χ0v) is 22.4. The van der Waals surface area contributed by atoms with Gasteiger partial charge in [0.1, 0.15) is 0 Å². The van der Waals surface area contributed by atoms with Gasteiger partial charge >= 0.3 is 0 Å². The summed E-state index contributed by atoms with van der Waals surface area (Å²) in [6.07, 6.45) is 11.6. The van der Waals surface area contributed by atoms with Gasteiger partial charge in [-0.25, -0.2) is 0 Å². The van der Waals surface area contributed by atoms with Crippen LogP contribution >= 0.6 is 23.9 Å². The van der Waals surface area contributed by atoms with Gasteiger partial charge in [0, 0.05) is 18.1 Å². The molecule has 1 saturated heterocycles. The number of nitrogens with zero attached hydrogens (tertiary/aromatic N) is 2. The van der Waals surface area contributed by atoms with Crippen molar-refractivity contribution in [2.45, 2.75) is 58.9 Å². The van der Waals surface area contributed by atoms with E-state index in [1.165, 1.54) is 41.6 Å². The standard InChI is InChI=1S/C28H38BrN2P/c1-24(22-29)12-10-18-28(2,3)19-20-30-31-21-11-13-25(31)23-32(26-14-6-4-7-15-26)27-16-8-5-9-17-27/h4-9,12,14-17,20,25H,10-11,13,18-19,21-23H2,1-3H3/b24-12+,30-20+/t25-/m0/s1. The molecular formula is C28H38BrN2P. The number of hydrogen-bond donors (Lipinski definition) is 0. The number of rotatable bonds is 11. The van der Waals surface area contributed by atoms with Crippen LogP contribution in [0.2, 0.25) is 0 Å². The van der Waals surface area contributed by atoms with E-state index in [1.807, 2.05) is 0 Å².